The van der Waals surface area contributed by atoms with Crippen molar-refractivity contribution in [2.24, 2.45) is 4.99 Å². The Balaban J connectivity index is 2.14. The van der Waals surface area contributed by atoms with Gasteiger partial charge in [0.1, 0.15) is 5.82 Å². The van der Waals surface area contributed by atoms with Crippen molar-refractivity contribution >= 4 is 17.6 Å². The SMILES string of the molecule is CCNC(=NCC(C)(C)c1ccc(F)cc1Cl)N1CCC(O)CC1. The Morgan fingerprint density at radius 3 is 2.67 bits per heavy atom. The van der Waals surface area contributed by atoms with Crippen molar-refractivity contribution in [1.82, 2.24) is 10.2 Å². The van der Waals surface area contributed by atoms with Crippen molar-refractivity contribution in [1.29, 1.82) is 0 Å². The first kappa shape index (κ1) is 19.0. The summed E-state index contributed by atoms with van der Waals surface area (Å²) in [5.74, 6) is 0.527. The molecule has 0 aliphatic carbocycles. The van der Waals surface area contributed by atoms with Crippen LogP contribution in [0.3, 0.4) is 0 Å². The Morgan fingerprint density at radius 1 is 1.42 bits per heavy atom. The van der Waals surface area contributed by atoms with Crippen LogP contribution in [0.5, 0.6) is 0 Å². The molecule has 0 radical (unpaired) electrons. The maximum Gasteiger partial charge on any atom is 0.193 e. The Labute approximate surface area is 148 Å². The van der Waals surface area contributed by atoms with Gasteiger partial charge in [-0.25, -0.2) is 4.39 Å². The molecule has 0 saturated carbocycles. The topological polar surface area (TPSA) is 47.9 Å². The standard InChI is InChI=1S/C18H27ClFN3O/c1-4-21-17(23-9-7-14(24)8-10-23)22-12-18(2,3)15-6-5-13(20)11-16(15)19/h5-6,11,14,24H,4,7-10,12H2,1-3H3,(H,21,22). The summed E-state index contributed by atoms with van der Waals surface area (Å²) in [5, 5.41) is 13.4. The predicted molar refractivity (Wildman–Crippen MR) is 97.2 cm³/mol. The first-order chi connectivity index (χ1) is 11.3. The number of likely N-dealkylation sites (tertiary alicyclic amines) is 1. The monoisotopic (exact) mass is 355 g/mol. The predicted octanol–water partition coefficient (Wildman–Crippen LogP) is 3.18. The van der Waals surface area contributed by atoms with Crippen molar-refractivity contribution in [2.45, 2.75) is 45.1 Å². The molecule has 1 fully saturated rings. The van der Waals surface area contributed by atoms with E-state index >= 15 is 0 Å². The third-order valence-corrected chi connectivity index (χ3v) is 4.70. The largest absolute Gasteiger partial charge is 0.393 e. The number of guanidine groups is 1. The van der Waals surface area contributed by atoms with Gasteiger partial charge in [-0.1, -0.05) is 31.5 Å². The van der Waals surface area contributed by atoms with Gasteiger partial charge < -0.3 is 15.3 Å². The summed E-state index contributed by atoms with van der Waals surface area (Å²) in [6.07, 6.45) is 1.31. The molecule has 0 unspecified atom stereocenters. The van der Waals surface area contributed by atoms with E-state index in [4.69, 9.17) is 16.6 Å². The molecule has 0 spiro atoms. The van der Waals surface area contributed by atoms with Gasteiger partial charge in [-0.2, -0.15) is 0 Å². The molecule has 6 heteroatoms. The molecular weight excluding hydrogens is 329 g/mol. The molecule has 134 valence electrons. The van der Waals surface area contributed by atoms with Gasteiger partial charge in [-0.05, 0) is 37.5 Å². The fraction of sp³-hybridized carbons (Fsp3) is 0.611. The van der Waals surface area contributed by atoms with E-state index in [9.17, 15) is 9.50 Å². The smallest absolute Gasteiger partial charge is 0.193 e. The summed E-state index contributed by atoms with van der Waals surface area (Å²) in [6, 6.07) is 4.51. The van der Waals surface area contributed by atoms with Gasteiger partial charge in [0.05, 0.1) is 12.6 Å². The molecule has 2 N–H and O–H groups in total. The van der Waals surface area contributed by atoms with Crippen LogP contribution in [0.1, 0.15) is 39.2 Å². The quantitative estimate of drug-likeness (QED) is 0.644. The molecule has 1 heterocycles. The van der Waals surface area contributed by atoms with Crippen molar-refractivity contribution < 1.29 is 9.50 Å². The van der Waals surface area contributed by atoms with Crippen LogP contribution >= 0.6 is 11.6 Å². The number of hydrogen-bond donors (Lipinski definition) is 2. The van der Waals surface area contributed by atoms with Crippen LogP contribution in [0, 0.1) is 5.82 Å². The van der Waals surface area contributed by atoms with Gasteiger partial charge in [0.2, 0.25) is 0 Å². The highest BCUT2D eigenvalue weighted by atomic mass is 35.5. The summed E-state index contributed by atoms with van der Waals surface area (Å²) in [5.41, 5.74) is 0.583. The lowest BCUT2D eigenvalue weighted by atomic mass is 9.84. The molecule has 0 atom stereocenters. The number of aliphatic hydroxyl groups excluding tert-OH is 1. The van der Waals surface area contributed by atoms with Crippen molar-refractivity contribution in [3.05, 3.63) is 34.6 Å². The number of nitrogens with one attached hydrogen (secondary N) is 1. The minimum absolute atomic E-state index is 0.210. The second-order valence-electron chi connectivity index (χ2n) is 6.90. The Morgan fingerprint density at radius 2 is 2.08 bits per heavy atom. The van der Waals surface area contributed by atoms with Gasteiger partial charge in [-0.15, -0.1) is 0 Å². The molecule has 1 aromatic rings. The summed E-state index contributed by atoms with van der Waals surface area (Å²) in [7, 11) is 0. The second-order valence-corrected chi connectivity index (χ2v) is 7.30. The lowest BCUT2D eigenvalue weighted by molar-refractivity contribution is 0.108. The molecule has 0 amide bonds. The molecule has 4 nitrogen and oxygen atoms in total. The number of halogens is 2. The van der Waals surface area contributed by atoms with Gasteiger partial charge in [0, 0.05) is 30.1 Å². The summed E-state index contributed by atoms with van der Waals surface area (Å²) >= 11 is 6.21. The van der Waals surface area contributed by atoms with Crippen molar-refractivity contribution in [2.75, 3.05) is 26.2 Å². The van der Waals surface area contributed by atoms with Crippen LogP contribution in [-0.2, 0) is 5.41 Å². The molecule has 1 saturated heterocycles. The lowest BCUT2D eigenvalue weighted by Gasteiger charge is -2.33. The minimum Gasteiger partial charge on any atom is -0.393 e. The fourth-order valence-corrected chi connectivity index (χ4v) is 3.32. The molecule has 1 aliphatic rings. The maximum absolute atomic E-state index is 13.3. The lowest BCUT2D eigenvalue weighted by Crippen LogP contribution is -2.47. The van der Waals surface area contributed by atoms with E-state index in [1.807, 2.05) is 6.92 Å². The van der Waals surface area contributed by atoms with Crippen LogP contribution in [0.25, 0.3) is 0 Å². The number of hydrogen-bond acceptors (Lipinski definition) is 2. The van der Waals surface area contributed by atoms with Crippen molar-refractivity contribution in [3.63, 3.8) is 0 Å². The highest BCUT2D eigenvalue weighted by Gasteiger charge is 2.25. The molecule has 0 bridgehead atoms. The van der Waals surface area contributed by atoms with E-state index in [0.717, 1.165) is 44.0 Å². The zero-order chi connectivity index (χ0) is 17.7. The van der Waals surface area contributed by atoms with E-state index in [-0.39, 0.29) is 17.3 Å². The van der Waals surface area contributed by atoms with Gasteiger partial charge in [0.25, 0.3) is 0 Å². The molecule has 0 aromatic heterocycles. The summed E-state index contributed by atoms with van der Waals surface area (Å²) in [6.45, 7) is 9.07. The first-order valence-electron chi connectivity index (χ1n) is 8.50. The summed E-state index contributed by atoms with van der Waals surface area (Å²) in [4.78, 5) is 6.95. The zero-order valence-corrected chi connectivity index (χ0v) is 15.4. The molecule has 1 aromatic carbocycles. The fourth-order valence-electron chi connectivity index (χ4n) is 2.90. The Hall–Kier alpha value is -1.33. The van der Waals surface area contributed by atoms with E-state index in [2.05, 4.69) is 24.1 Å². The minimum atomic E-state index is -0.330. The van der Waals surface area contributed by atoms with E-state index in [1.54, 1.807) is 6.07 Å². The van der Waals surface area contributed by atoms with E-state index < -0.39 is 0 Å². The number of piperidine rings is 1. The van der Waals surface area contributed by atoms with Crippen LogP contribution < -0.4 is 5.32 Å². The normalized spacial score (nSPS) is 17.2. The van der Waals surface area contributed by atoms with Gasteiger partial charge in [-0.3, -0.25) is 4.99 Å². The number of aliphatic hydroxyl groups is 1. The third-order valence-electron chi connectivity index (χ3n) is 4.38. The third kappa shape index (κ3) is 4.84. The maximum atomic E-state index is 13.3. The van der Waals surface area contributed by atoms with Crippen LogP contribution in [-0.4, -0.2) is 48.2 Å². The Bertz CT molecular complexity index is 584. The zero-order valence-electron chi connectivity index (χ0n) is 14.6. The first-order valence-corrected chi connectivity index (χ1v) is 8.88. The Kier molecular flexibility index (Phi) is 6.47. The van der Waals surface area contributed by atoms with Gasteiger partial charge >= 0.3 is 0 Å². The highest BCUT2D eigenvalue weighted by molar-refractivity contribution is 6.31. The molecular formula is C18H27ClFN3O. The number of rotatable bonds is 4. The molecule has 24 heavy (non-hydrogen) atoms. The molecule has 2 rings (SSSR count). The van der Waals surface area contributed by atoms with Crippen LogP contribution in [0.15, 0.2) is 23.2 Å². The average molecular weight is 356 g/mol. The van der Waals surface area contributed by atoms with Crippen LogP contribution in [0.2, 0.25) is 5.02 Å². The number of nitrogens with zero attached hydrogens (tertiary/aromatic N) is 2. The van der Waals surface area contributed by atoms with Gasteiger partial charge in [0.15, 0.2) is 5.96 Å². The average Bonchev–Trinajstić information content (AvgIpc) is 2.52. The van der Waals surface area contributed by atoms with E-state index in [0.29, 0.717) is 11.6 Å². The number of aliphatic imine (C=N–C) groups is 1. The second kappa shape index (κ2) is 8.17. The molecule has 1 aliphatic heterocycles. The van der Waals surface area contributed by atoms with E-state index in [1.165, 1.54) is 12.1 Å². The van der Waals surface area contributed by atoms with Crippen molar-refractivity contribution in [3.8, 4) is 0 Å². The summed E-state index contributed by atoms with van der Waals surface area (Å²) < 4.78 is 13.3. The highest BCUT2D eigenvalue weighted by Crippen LogP contribution is 2.30. The number of benzene rings is 1. The van der Waals surface area contributed by atoms with Crippen LogP contribution in [0.4, 0.5) is 4.39 Å².